The number of aryl methyl sites for hydroxylation is 1. The maximum atomic E-state index is 5.60. The van der Waals surface area contributed by atoms with Crippen molar-refractivity contribution in [2.45, 2.75) is 38.6 Å². The van der Waals surface area contributed by atoms with E-state index in [0.29, 0.717) is 6.54 Å². The normalized spacial score (nSPS) is 21.9. The number of hydrogen-bond donors (Lipinski definition) is 1. The third-order valence-electron chi connectivity index (χ3n) is 3.34. The first kappa shape index (κ1) is 13.0. The van der Waals surface area contributed by atoms with Gasteiger partial charge < -0.3 is 10.2 Å². The zero-order chi connectivity index (χ0) is 12.3. The van der Waals surface area contributed by atoms with Gasteiger partial charge in [0, 0.05) is 36.2 Å². The highest BCUT2D eigenvalue weighted by Crippen LogP contribution is 2.24. The molecule has 1 fully saturated rings. The number of nitrogens with two attached hydrogens (primary N) is 1. The van der Waals surface area contributed by atoms with Crippen LogP contribution >= 0.6 is 11.8 Å². The van der Waals surface area contributed by atoms with E-state index in [0.717, 1.165) is 23.3 Å². The van der Waals surface area contributed by atoms with Gasteiger partial charge in [-0.3, -0.25) is 4.90 Å². The van der Waals surface area contributed by atoms with E-state index in [1.54, 1.807) is 0 Å². The van der Waals surface area contributed by atoms with Gasteiger partial charge in [0.15, 0.2) is 0 Å². The van der Waals surface area contributed by atoms with Crippen LogP contribution in [0.1, 0.15) is 30.4 Å². The maximum absolute atomic E-state index is 5.60. The minimum Gasteiger partial charge on any atom is -0.465 e. The van der Waals surface area contributed by atoms with Crippen molar-refractivity contribution < 1.29 is 4.42 Å². The molecule has 0 spiro atoms. The molecule has 0 saturated carbocycles. The largest absolute Gasteiger partial charge is 0.465 e. The summed E-state index contributed by atoms with van der Waals surface area (Å²) in [5.41, 5.74) is 6.90. The van der Waals surface area contributed by atoms with Crippen molar-refractivity contribution >= 4 is 11.8 Å². The van der Waals surface area contributed by atoms with Gasteiger partial charge in [-0.15, -0.1) is 0 Å². The smallest absolute Gasteiger partial charge is 0.118 e. The second-order valence-corrected chi connectivity index (χ2v) is 6.04. The van der Waals surface area contributed by atoms with E-state index in [2.05, 4.69) is 29.7 Å². The predicted octanol–water partition coefficient (Wildman–Crippen LogP) is 2.37. The summed E-state index contributed by atoms with van der Waals surface area (Å²) in [6.45, 7) is 8.19. The number of furan rings is 1. The first-order valence-corrected chi connectivity index (χ1v) is 7.40. The second kappa shape index (κ2) is 5.94. The quantitative estimate of drug-likeness (QED) is 0.896. The SMILES string of the molecule is CCC1CN(Cc2cc(CN)oc2C)CCS1. The molecule has 1 unspecified atom stereocenters. The summed E-state index contributed by atoms with van der Waals surface area (Å²) in [5.74, 6) is 3.17. The van der Waals surface area contributed by atoms with Crippen LogP contribution in [0, 0.1) is 6.92 Å². The van der Waals surface area contributed by atoms with Crippen LogP contribution in [0.3, 0.4) is 0 Å². The van der Waals surface area contributed by atoms with Crippen molar-refractivity contribution in [1.29, 1.82) is 0 Å². The molecule has 1 aliphatic heterocycles. The number of rotatable bonds is 4. The first-order valence-electron chi connectivity index (χ1n) is 6.35. The lowest BCUT2D eigenvalue weighted by Gasteiger charge is -2.31. The molecule has 2 N–H and O–H groups in total. The van der Waals surface area contributed by atoms with Crippen molar-refractivity contribution in [3.05, 3.63) is 23.2 Å². The lowest BCUT2D eigenvalue weighted by atomic mass is 10.2. The molecule has 0 amide bonds. The lowest BCUT2D eigenvalue weighted by molar-refractivity contribution is 0.271. The average molecular weight is 254 g/mol. The molecule has 96 valence electrons. The monoisotopic (exact) mass is 254 g/mol. The van der Waals surface area contributed by atoms with Crippen LogP contribution in [0.5, 0.6) is 0 Å². The average Bonchev–Trinajstić information content (AvgIpc) is 2.70. The number of thioether (sulfide) groups is 1. The summed E-state index contributed by atoms with van der Waals surface area (Å²) in [6, 6.07) is 2.11. The van der Waals surface area contributed by atoms with Crippen LogP contribution in [-0.4, -0.2) is 29.0 Å². The summed E-state index contributed by atoms with van der Waals surface area (Å²) in [7, 11) is 0. The first-order chi connectivity index (χ1) is 8.22. The highest BCUT2D eigenvalue weighted by atomic mass is 32.2. The van der Waals surface area contributed by atoms with Crippen LogP contribution < -0.4 is 5.73 Å². The van der Waals surface area contributed by atoms with Crippen molar-refractivity contribution in [2.24, 2.45) is 5.73 Å². The molecular formula is C13H22N2OS. The highest BCUT2D eigenvalue weighted by molar-refractivity contribution is 8.00. The summed E-state index contributed by atoms with van der Waals surface area (Å²) < 4.78 is 5.60. The third-order valence-corrected chi connectivity index (χ3v) is 4.72. The number of nitrogens with zero attached hydrogens (tertiary/aromatic N) is 1. The van der Waals surface area contributed by atoms with Crippen LogP contribution in [0.25, 0.3) is 0 Å². The molecule has 4 heteroatoms. The molecular weight excluding hydrogens is 232 g/mol. The van der Waals surface area contributed by atoms with E-state index < -0.39 is 0 Å². The molecule has 17 heavy (non-hydrogen) atoms. The number of hydrogen-bond acceptors (Lipinski definition) is 4. The maximum Gasteiger partial charge on any atom is 0.118 e. The molecule has 2 rings (SSSR count). The van der Waals surface area contributed by atoms with Gasteiger partial charge in [0.05, 0.1) is 6.54 Å². The minimum atomic E-state index is 0.494. The third kappa shape index (κ3) is 3.27. The predicted molar refractivity (Wildman–Crippen MR) is 73.2 cm³/mol. The molecule has 1 aliphatic rings. The molecule has 3 nitrogen and oxygen atoms in total. The summed E-state index contributed by atoms with van der Waals surface area (Å²) in [4.78, 5) is 2.53. The van der Waals surface area contributed by atoms with Crippen molar-refractivity contribution in [3.8, 4) is 0 Å². The fourth-order valence-electron chi connectivity index (χ4n) is 2.26. The van der Waals surface area contributed by atoms with E-state index in [4.69, 9.17) is 10.2 Å². The second-order valence-electron chi connectivity index (χ2n) is 4.63. The molecule has 0 bridgehead atoms. The topological polar surface area (TPSA) is 42.4 Å². The van der Waals surface area contributed by atoms with Gasteiger partial charge in [0.25, 0.3) is 0 Å². The van der Waals surface area contributed by atoms with E-state index in [9.17, 15) is 0 Å². The van der Waals surface area contributed by atoms with Gasteiger partial charge in [0.2, 0.25) is 0 Å². The van der Waals surface area contributed by atoms with E-state index in [-0.39, 0.29) is 0 Å². The zero-order valence-corrected chi connectivity index (χ0v) is 11.6. The zero-order valence-electron chi connectivity index (χ0n) is 10.7. The molecule has 1 saturated heterocycles. The molecule has 0 aromatic carbocycles. The minimum absolute atomic E-state index is 0.494. The fourth-order valence-corrected chi connectivity index (χ4v) is 3.51. The molecule has 0 radical (unpaired) electrons. The Bertz CT molecular complexity index is 364. The van der Waals surface area contributed by atoms with Gasteiger partial charge in [-0.05, 0) is 19.4 Å². The van der Waals surface area contributed by atoms with Gasteiger partial charge in [-0.2, -0.15) is 11.8 Å². The Labute approximate surface area is 108 Å². The Kier molecular flexibility index (Phi) is 4.54. The van der Waals surface area contributed by atoms with E-state index in [1.807, 2.05) is 6.92 Å². The van der Waals surface area contributed by atoms with E-state index >= 15 is 0 Å². The molecule has 1 aromatic rings. The summed E-state index contributed by atoms with van der Waals surface area (Å²) in [5, 5.41) is 0.796. The van der Waals surface area contributed by atoms with Crippen LogP contribution in [0.15, 0.2) is 10.5 Å². The van der Waals surface area contributed by atoms with Crippen molar-refractivity contribution in [2.75, 3.05) is 18.8 Å². The molecule has 1 atom stereocenters. The van der Waals surface area contributed by atoms with Crippen LogP contribution in [-0.2, 0) is 13.1 Å². The van der Waals surface area contributed by atoms with E-state index in [1.165, 1.54) is 30.8 Å². The highest BCUT2D eigenvalue weighted by Gasteiger charge is 2.20. The summed E-state index contributed by atoms with van der Waals surface area (Å²) >= 11 is 2.11. The van der Waals surface area contributed by atoms with Crippen molar-refractivity contribution in [1.82, 2.24) is 4.90 Å². The fraction of sp³-hybridized carbons (Fsp3) is 0.692. The lowest BCUT2D eigenvalue weighted by Crippen LogP contribution is -2.37. The Morgan fingerprint density at radius 2 is 2.41 bits per heavy atom. The Balaban J connectivity index is 1.97. The van der Waals surface area contributed by atoms with Crippen LogP contribution in [0.4, 0.5) is 0 Å². The molecule has 2 heterocycles. The van der Waals surface area contributed by atoms with Gasteiger partial charge >= 0.3 is 0 Å². The van der Waals surface area contributed by atoms with Gasteiger partial charge in [-0.1, -0.05) is 6.92 Å². The van der Waals surface area contributed by atoms with Gasteiger partial charge in [-0.25, -0.2) is 0 Å². The Hall–Kier alpha value is -0.450. The summed E-state index contributed by atoms with van der Waals surface area (Å²) in [6.07, 6.45) is 1.26. The van der Waals surface area contributed by atoms with Gasteiger partial charge in [0.1, 0.15) is 11.5 Å². The van der Waals surface area contributed by atoms with Crippen molar-refractivity contribution in [3.63, 3.8) is 0 Å². The Morgan fingerprint density at radius 3 is 3.06 bits per heavy atom. The molecule has 0 aliphatic carbocycles. The Morgan fingerprint density at radius 1 is 1.59 bits per heavy atom. The van der Waals surface area contributed by atoms with Crippen LogP contribution in [0.2, 0.25) is 0 Å². The molecule has 1 aromatic heterocycles. The standard InChI is InChI=1S/C13H22N2OS/c1-3-13-9-15(4-5-17-13)8-11-6-12(7-14)16-10(11)2/h6,13H,3-5,7-9,14H2,1-2H3.